The molecule has 2 aromatic carbocycles. The quantitative estimate of drug-likeness (QED) is 0.697. The Morgan fingerprint density at radius 3 is 2.44 bits per heavy atom. The number of hydrogen-bond donors (Lipinski definition) is 2. The molecule has 0 spiro atoms. The summed E-state index contributed by atoms with van der Waals surface area (Å²) < 4.78 is 11.2. The van der Waals surface area contributed by atoms with Crippen molar-refractivity contribution in [3.63, 3.8) is 0 Å². The third-order valence-corrected chi connectivity index (χ3v) is 4.03. The van der Waals surface area contributed by atoms with Gasteiger partial charge < -0.3 is 20.1 Å². The molecule has 3 aromatic rings. The number of benzene rings is 2. The van der Waals surface area contributed by atoms with E-state index in [-0.39, 0.29) is 6.04 Å². The fourth-order valence-electron chi connectivity index (χ4n) is 2.88. The first-order chi connectivity index (χ1) is 13.2. The second-order valence-electron chi connectivity index (χ2n) is 6.61. The highest BCUT2D eigenvalue weighted by molar-refractivity contribution is 5.67. The van der Waals surface area contributed by atoms with E-state index in [4.69, 9.17) is 9.47 Å². The lowest BCUT2D eigenvalue weighted by Gasteiger charge is -2.19. The zero-order chi connectivity index (χ0) is 18.6. The minimum atomic E-state index is 0.269. The van der Waals surface area contributed by atoms with Crippen LogP contribution in [0.4, 0.5) is 17.5 Å². The van der Waals surface area contributed by atoms with Gasteiger partial charge in [0.15, 0.2) is 11.5 Å². The number of aromatic nitrogens is 2. The Labute approximate surface area is 158 Å². The predicted molar refractivity (Wildman–Crippen MR) is 107 cm³/mol. The monoisotopic (exact) mass is 362 g/mol. The summed E-state index contributed by atoms with van der Waals surface area (Å²) in [5.74, 6) is 2.79. The van der Waals surface area contributed by atoms with Gasteiger partial charge in [-0.05, 0) is 26.0 Å². The van der Waals surface area contributed by atoms with Crippen LogP contribution in [0.2, 0.25) is 0 Å². The van der Waals surface area contributed by atoms with E-state index in [1.54, 1.807) is 0 Å². The Balaban J connectivity index is 1.67. The molecule has 1 aromatic heterocycles. The normalized spacial score (nSPS) is 12.7. The number of ether oxygens (including phenoxy) is 2. The van der Waals surface area contributed by atoms with E-state index in [1.807, 2.05) is 54.6 Å². The van der Waals surface area contributed by atoms with Gasteiger partial charge in [-0.25, -0.2) is 4.98 Å². The van der Waals surface area contributed by atoms with Gasteiger partial charge in [-0.15, -0.1) is 0 Å². The van der Waals surface area contributed by atoms with Crippen LogP contribution in [0.15, 0.2) is 54.6 Å². The van der Waals surface area contributed by atoms with Crippen molar-refractivity contribution >= 4 is 17.5 Å². The molecule has 6 nitrogen and oxygen atoms in total. The highest BCUT2D eigenvalue weighted by Gasteiger charge is 2.13. The zero-order valence-corrected chi connectivity index (χ0v) is 15.4. The smallest absolute Gasteiger partial charge is 0.229 e. The fraction of sp³-hybridized carbons (Fsp3) is 0.238. The molecular weight excluding hydrogens is 340 g/mol. The number of fused-ring (bicyclic) bond motifs is 1. The fourth-order valence-corrected chi connectivity index (χ4v) is 2.88. The van der Waals surface area contributed by atoms with Crippen LogP contribution in [0.5, 0.6) is 11.5 Å². The number of nitrogens with one attached hydrogen (secondary N) is 2. The maximum absolute atomic E-state index is 5.65. The molecule has 0 amide bonds. The third-order valence-electron chi connectivity index (χ3n) is 4.03. The van der Waals surface area contributed by atoms with E-state index in [9.17, 15) is 0 Å². The van der Waals surface area contributed by atoms with Crippen molar-refractivity contribution < 1.29 is 9.47 Å². The molecular formula is C21H22N4O2. The van der Waals surface area contributed by atoms with Crippen LogP contribution < -0.4 is 20.1 Å². The number of anilines is 3. The molecule has 0 aliphatic carbocycles. The second-order valence-corrected chi connectivity index (χ2v) is 6.61. The van der Waals surface area contributed by atoms with E-state index < -0.39 is 0 Å². The summed E-state index contributed by atoms with van der Waals surface area (Å²) in [5, 5.41) is 6.64. The van der Waals surface area contributed by atoms with E-state index in [0.29, 0.717) is 19.2 Å². The first-order valence-electron chi connectivity index (χ1n) is 9.05. The lowest BCUT2D eigenvalue weighted by Crippen LogP contribution is -2.15. The van der Waals surface area contributed by atoms with Crippen molar-refractivity contribution in [3.8, 4) is 22.8 Å². The first-order valence-corrected chi connectivity index (χ1v) is 9.05. The van der Waals surface area contributed by atoms with Crippen LogP contribution >= 0.6 is 0 Å². The topological polar surface area (TPSA) is 68.3 Å². The molecule has 138 valence electrons. The molecule has 6 heteroatoms. The molecule has 1 aliphatic rings. The molecule has 0 radical (unpaired) electrons. The summed E-state index contributed by atoms with van der Waals surface area (Å²) in [7, 11) is 0. The van der Waals surface area contributed by atoms with Crippen LogP contribution in [-0.2, 0) is 0 Å². The molecule has 0 unspecified atom stereocenters. The summed E-state index contributed by atoms with van der Waals surface area (Å²) in [6.45, 7) is 5.29. The largest absolute Gasteiger partial charge is 0.486 e. The van der Waals surface area contributed by atoms with Crippen LogP contribution in [0.1, 0.15) is 13.8 Å². The molecule has 4 rings (SSSR count). The Morgan fingerprint density at radius 1 is 0.889 bits per heavy atom. The van der Waals surface area contributed by atoms with Crippen molar-refractivity contribution in [3.05, 3.63) is 54.6 Å². The van der Waals surface area contributed by atoms with E-state index in [2.05, 4.69) is 34.4 Å². The average Bonchev–Trinajstić information content (AvgIpc) is 2.68. The van der Waals surface area contributed by atoms with Crippen molar-refractivity contribution in [2.24, 2.45) is 0 Å². The summed E-state index contributed by atoms with van der Waals surface area (Å²) >= 11 is 0. The Morgan fingerprint density at radius 2 is 1.67 bits per heavy atom. The highest BCUT2D eigenvalue weighted by Crippen LogP contribution is 2.33. The minimum Gasteiger partial charge on any atom is -0.486 e. The predicted octanol–water partition coefficient (Wildman–Crippen LogP) is 4.48. The minimum absolute atomic E-state index is 0.269. The van der Waals surface area contributed by atoms with E-state index >= 15 is 0 Å². The number of rotatable bonds is 5. The standard InChI is InChI=1S/C21H22N4O2/c1-14(2)22-20-13-17(15-6-4-3-5-7-15)24-21(25-20)23-16-8-9-18-19(12-16)27-11-10-26-18/h3-9,12-14H,10-11H2,1-2H3,(H2,22,23,24,25). The van der Waals surface area contributed by atoms with E-state index in [1.165, 1.54) is 0 Å². The molecule has 0 atom stereocenters. The second kappa shape index (κ2) is 7.53. The zero-order valence-electron chi connectivity index (χ0n) is 15.4. The van der Waals surface area contributed by atoms with Gasteiger partial charge in [-0.3, -0.25) is 0 Å². The average molecular weight is 362 g/mol. The van der Waals surface area contributed by atoms with Gasteiger partial charge in [0.05, 0.1) is 5.69 Å². The molecule has 0 bridgehead atoms. The van der Waals surface area contributed by atoms with Crippen molar-refractivity contribution in [1.82, 2.24) is 9.97 Å². The molecule has 0 saturated heterocycles. The summed E-state index contributed by atoms with van der Waals surface area (Å²) in [4.78, 5) is 9.29. The molecule has 27 heavy (non-hydrogen) atoms. The van der Waals surface area contributed by atoms with Crippen molar-refractivity contribution in [1.29, 1.82) is 0 Å². The van der Waals surface area contributed by atoms with Gasteiger partial charge >= 0.3 is 0 Å². The van der Waals surface area contributed by atoms with Gasteiger partial charge in [0.2, 0.25) is 5.95 Å². The van der Waals surface area contributed by atoms with Crippen LogP contribution in [0, 0.1) is 0 Å². The maximum atomic E-state index is 5.65. The van der Waals surface area contributed by atoms with Crippen molar-refractivity contribution in [2.45, 2.75) is 19.9 Å². The molecule has 0 saturated carbocycles. The van der Waals surface area contributed by atoms with Gasteiger partial charge in [-0.1, -0.05) is 30.3 Å². The Bertz CT molecular complexity index is 929. The summed E-state index contributed by atoms with van der Waals surface area (Å²) in [6.07, 6.45) is 0. The number of hydrogen-bond acceptors (Lipinski definition) is 6. The molecule has 0 fully saturated rings. The maximum Gasteiger partial charge on any atom is 0.229 e. The first kappa shape index (κ1) is 17.1. The highest BCUT2D eigenvalue weighted by atomic mass is 16.6. The lowest BCUT2D eigenvalue weighted by atomic mass is 10.1. The Hall–Kier alpha value is -3.28. The van der Waals surface area contributed by atoms with Crippen molar-refractivity contribution in [2.75, 3.05) is 23.8 Å². The van der Waals surface area contributed by atoms with Gasteiger partial charge in [-0.2, -0.15) is 4.98 Å². The van der Waals surface area contributed by atoms with Crippen LogP contribution in [-0.4, -0.2) is 29.2 Å². The molecule has 2 heterocycles. The molecule has 2 N–H and O–H groups in total. The molecule has 1 aliphatic heterocycles. The van der Waals surface area contributed by atoms with Crippen LogP contribution in [0.3, 0.4) is 0 Å². The van der Waals surface area contributed by atoms with Gasteiger partial charge in [0.1, 0.15) is 19.0 Å². The van der Waals surface area contributed by atoms with Crippen LogP contribution in [0.25, 0.3) is 11.3 Å². The summed E-state index contributed by atoms with van der Waals surface area (Å²) in [5.41, 5.74) is 2.74. The third kappa shape index (κ3) is 4.11. The van der Waals surface area contributed by atoms with Gasteiger partial charge in [0.25, 0.3) is 0 Å². The summed E-state index contributed by atoms with van der Waals surface area (Å²) in [6, 6.07) is 18.0. The Kier molecular flexibility index (Phi) is 4.78. The van der Waals surface area contributed by atoms with Gasteiger partial charge in [0, 0.05) is 29.4 Å². The van der Waals surface area contributed by atoms with E-state index in [0.717, 1.165) is 34.3 Å². The lowest BCUT2D eigenvalue weighted by molar-refractivity contribution is 0.171. The number of nitrogens with zero attached hydrogens (tertiary/aromatic N) is 2. The SMILES string of the molecule is CC(C)Nc1cc(-c2ccccc2)nc(Nc2ccc3c(c2)OCCO3)n1.